The number of carbonyl (C=O) groups is 2. The Labute approximate surface area is 200 Å². The second kappa shape index (κ2) is 13.2. The number of amides is 2. The van der Waals surface area contributed by atoms with Gasteiger partial charge in [0.2, 0.25) is 5.91 Å². The lowest BCUT2D eigenvalue weighted by molar-refractivity contribution is -0.123. The van der Waals surface area contributed by atoms with Crippen LogP contribution < -0.4 is 21.6 Å². The summed E-state index contributed by atoms with van der Waals surface area (Å²) < 4.78 is 44.1. The molecule has 0 unspecified atom stereocenters. The SMILES string of the molecule is Cc1ccc(Nc2c(C(=O)NO/C=C/O)cc(CNOCCC(=O)NC(C)C)c(F)c2F)c(F)c1. The van der Waals surface area contributed by atoms with Crippen molar-refractivity contribution in [2.24, 2.45) is 0 Å². The van der Waals surface area contributed by atoms with Gasteiger partial charge in [-0.25, -0.2) is 13.2 Å². The molecule has 2 rings (SSSR count). The van der Waals surface area contributed by atoms with Gasteiger partial charge in [0.1, 0.15) is 12.1 Å². The first-order valence-electron chi connectivity index (χ1n) is 10.6. The van der Waals surface area contributed by atoms with E-state index in [-0.39, 0.29) is 42.8 Å². The zero-order valence-electron chi connectivity index (χ0n) is 19.4. The van der Waals surface area contributed by atoms with Gasteiger partial charge in [-0.3, -0.25) is 9.59 Å². The molecule has 0 saturated heterocycles. The Kier molecular flexibility index (Phi) is 10.4. The Morgan fingerprint density at radius 2 is 1.89 bits per heavy atom. The van der Waals surface area contributed by atoms with Crippen LogP contribution in [-0.2, 0) is 21.0 Å². The molecule has 0 aliphatic carbocycles. The molecule has 35 heavy (non-hydrogen) atoms. The van der Waals surface area contributed by atoms with E-state index < -0.39 is 34.6 Å². The first-order valence-corrected chi connectivity index (χ1v) is 10.6. The molecule has 2 aromatic carbocycles. The fraction of sp³-hybridized carbons (Fsp3) is 0.304. The van der Waals surface area contributed by atoms with Crippen LogP contribution in [0.15, 0.2) is 36.8 Å². The van der Waals surface area contributed by atoms with Crippen molar-refractivity contribution in [2.75, 3.05) is 11.9 Å². The minimum atomic E-state index is -1.44. The Morgan fingerprint density at radius 3 is 2.54 bits per heavy atom. The van der Waals surface area contributed by atoms with E-state index in [0.717, 1.165) is 12.3 Å². The third kappa shape index (κ3) is 8.19. The quantitative estimate of drug-likeness (QED) is 0.172. The van der Waals surface area contributed by atoms with Crippen LogP contribution in [0.3, 0.4) is 0 Å². The predicted molar refractivity (Wildman–Crippen MR) is 122 cm³/mol. The van der Waals surface area contributed by atoms with Crippen LogP contribution in [-0.4, -0.2) is 29.6 Å². The average Bonchev–Trinajstić information content (AvgIpc) is 2.79. The molecule has 0 atom stereocenters. The summed E-state index contributed by atoms with van der Waals surface area (Å²) in [5.41, 5.74) is 3.42. The number of hydrogen-bond donors (Lipinski definition) is 5. The second-order valence-corrected chi connectivity index (χ2v) is 7.67. The Bertz CT molecular complexity index is 1080. The molecule has 2 aromatic rings. The topological polar surface area (TPSA) is 121 Å². The molecular weight excluding hydrogens is 469 g/mol. The summed E-state index contributed by atoms with van der Waals surface area (Å²) in [6.45, 7) is 4.87. The number of aryl methyl sites for hydroxylation is 1. The van der Waals surface area contributed by atoms with Gasteiger partial charge in [0, 0.05) is 18.2 Å². The van der Waals surface area contributed by atoms with E-state index in [1.807, 2.05) is 5.48 Å². The molecule has 5 N–H and O–H groups in total. The van der Waals surface area contributed by atoms with E-state index >= 15 is 4.39 Å². The first-order chi connectivity index (χ1) is 16.6. The smallest absolute Gasteiger partial charge is 0.286 e. The lowest BCUT2D eigenvalue weighted by Crippen LogP contribution is -2.31. The van der Waals surface area contributed by atoms with Gasteiger partial charge in [-0.1, -0.05) is 6.07 Å². The van der Waals surface area contributed by atoms with E-state index in [2.05, 4.69) is 21.0 Å². The van der Waals surface area contributed by atoms with E-state index in [9.17, 15) is 18.4 Å². The van der Waals surface area contributed by atoms with Crippen molar-refractivity contribution in [2.45, 2.75) is 39.8 Å². The number of aliphatic hydroxyl groups excluding tert-OH is 1. The van der Waals surface area contributed by atoms with Crippen LogP contribution in [0.2, 0.25) is 0 Å². The molecule has 0 radical (unpaired) electrons. The highest BCUT2D eigenvalue weighted by molar-refractivity contribution is 6.00. The summed E-state index contributed by atoms with van der Waals surface area (Å²) in [5.74, 6) is -4.74. The molecule has 2 amide bonds. The second-order valence-electron chi connectivity index (χ2n) is 7.67. The van der Waals surface area contributed by atoms with Crippen molar-refractivity contribution in [3.8, 4) is 0 Å². The Hall–Kier alpha value is -3.77. The summed E-state index contributed by atoms with van der Waals surface area (Å²) in [6.07, 6.45) is 1.27. The van der Waals surface area contributed by atoms with E-state index in [1.54, 1.807) is 26.8 Å². The lowest BCUT2D eigenvalue weighted by Gasteiger charge is -2.17. The number of hydrogen-bond acceptors (Lipinski definition) is 7. The van der Waals surface area contributed by atoms with E-state index in [0.29, 0.717) is 11.8 Å². The first kappa shape index (κ1) is 27.5. The molecule has 0 aromatic heterocycles. The van der Waals surface area contributed by atoms with Crippen molar-refractivity contribution in [3.05, 3.63) is 70.9 Å². The standard InChI is InChI=1S/C23H27F3N4O5/c1-13(2)28-19(32)6-8-34-27-12-15-11-16(23(33)30-35-9-7-31)22(21(26)20(15)25)29-18-5-4-14(3)10-17(18)24/h4-5,7,9-11,13,27,29,31H,6,8,12H2,1-3H3,(H,28,32)(H,30,33)/b9-7+. The molecule has 0 spiro atoms. The van der Waals surface area contributed by atoms with Crippen LogP contribution in [0.4, 0.5) is 24.5 Å². The van der Waals surface area contributed by atoms with Crippen LogP contribution >= 0.6 is 0 Å². The fourth-order valence-corrected chi connectivity index (χ4v) is 2.88. The number of carbonyl (C=O) groups excluding carboxylic acids is 2. The van der Waals surface area contributed by atoms with Crippen molar-refractivity contribution >= 4 is 23.2 Å². The predicted octanol–water partition coefficient (Wildman–Crippen LogP) is 3.78. The van der Waals surface area contributed by atoms with Gasteiger partial charge in [-0.15, -0.1) is 0 Å². The molecule has 0 fully saturated rings. The highest BCUT2D eigenvalue weighted by atomic mass is 19.2. The minimum absolute atomic E-state index is 0.0329. The average molecular weight is 496 g/mol. The van der Waals surface area contributed by atoms with Crippen molar-refractivity contribution in [3.63, 3.8) is 0 Å². The molecule has 12 heteroatoms. The van der Waals surface area contributed by atoms with E-state index in [1.165, 1.54) is 12.1 Å². The summed E-state index contributed by atoms with van der Waals surface area (Å²) in [4.78, 5) is 33.8. The number of rotatable bonds is 12. The van der Waals surface area contributed by atoms with Crippen LogP contribution in [0.25, 0.3) is 0 Å². The number of benzene rings is 2. The monoisotopic (exact) mass is 496 g/mol. The van der Waals surface area contributed by atoms with Gasteiger partial charge in [0.15, 0.2) is 17.9 Å². The zero-order chi connectivity index (χ0) is 26.0. The Balaban J connectivity index is 2.24. The maximum atomic E-state index is 15.0. The molecule has 0 bridgehead atoms. The molecule has 9 nitrogen and oxygen atoms in total. The molecule has 190 valence electrons. The third-order valence-electron chi connectivity index (χ3n) is 4.44. The molecule has 0 saturated carbocycles. The summed E-state index contributed by atoms with van der Waals surface area (Å²) in [7, 11) is 0. The Morgan fingerprint density at radius 1 is 1.14 bits per heavy atom. The van der Waals surface area contributed by atoms with E-state index in [4.69, 9.17) is 9.94 Å². The highest BCUT2D eigenvalue weighted by Crippen LogP contribution is 2.30. The number of aliphatic hydroxyl groups is 1. The number of hydroxylamine groups is 2. The number of halogens is 3. The minimum Gasteiger partial charge on any atom is -0.512 e. The van der Waals surface area contributed by atoms with Crippen molar-refractivity contribution in [1.82, 2.24) is 16.3 Å². The normalized spacial score (nSPS) is 11.1. The molecule has 0 heterocycles. The molecule has 0 aliphatic heterocycles. The number of anilines is 2. The van der Waals surface area contributed by atoms with Gasteiger partial charge in [-0.05, 0) is 44.5 Å². The van der Waals surface area contributed by atoms with Crippen LogP contribution in [0.5, 0.6) is 0 Å². The largest absolute Gasteiger partial charge is 0.512 e. The maximum absolute atomic E-state index is 15.0. The van der Waals surface area contributed by atoms with Crippen LogP contribution in [0, 0.1) is 24.4 Å². The zero-order valence-corrected chi connectivity index (χ0v) is 19.4. The number of nitrogens with one attached hydrogen (secondary N) is 4. The summed E-state index contributed by atoms with van der Waals surface area (Å²) in [5, 5.41) is 13.7. The molecule has 0 aliphatic rings. The van der Waals surface area contributed by atoms with Gasteiger partial charge in [0.25, 0.3) is 5.91 Å². The van der Waals surface area contributed by atoms with Crippen LogP contribution in [0.1, 0.15) is 41.8 Å². The van der Waals surface area contributed by atoms with Gasteiger partial charge in [0.05, 0.1) is 30.0 Å². The summed E-state index contributed by atoms with van der Waals surface area (Å²) in [6, 6.07) is 5.03. The van der Waals surface area contributed by atoms with Crippen molar-refractivity contribution < 1.29 is 37.5 Å². The molecular formula is C23H27F3N4O5. The summed E-state index contributed by atoms with van der Waals surface area (Å²) >= 11 is 0. The highest BCUT2D eigenvalue weighted by Gasteiger charge is 2.24. The van der Waals surface area contributed by atoms with Gasteiger partial charge in [-0.2, -0.15) is 11.0 Å². The van der Waals surface area contributed by atoms with Crippen molar-refractivity contribution in [1.29, 1.82) is 0 Å². The third-order valence-corrected chi connectivity index (χ3v) is 4.44. The maximum Gasteiger partial charge on any atom is 0.286 e. The lowest BCUT2D eigenvalue weighted by atomic mass is 10.1. The van der Waals surface area contributed by atoms with Gasteiger partial charge < -0.3 is 25.4 Å². The van der Waals surface area contributed by atoms with Gasteiger partial charge >= 0.3 is 0 Å². The fourth-order valence-electron chi connectivity index (χ4n) is 2.88.